The van der Waals surface area contributed by atoms with Crippen molar-refractivity contribution in [1.82, 2.24) is 14.4 Å². The summed E-state index contributed by atoms with van der Waals surface area (Å²) < 4.78 is 1.95. The summed E-state index contributed by atoms with van der Waals surface area (Å²) in [5, 5.41) is 0. The Balaban J connectivity index is 2.09. The maximum absolute atomic E-state index is 5.85. The molecule has 0 bridgehead atoms. The predicted octanol–water partition coefficient (Wildman–Crippen LogP) is 1.69. The zero-order valence-electron chi connectivity index (χ0n) is 10.0. The number of rotatable bonds is 4. The van der Waals surface area contributed by atoms with Crippen molar-refractivity contribution in [2.24, 2.45) is 0 Å². The van der Waals surface area contributed by atoms with E-state index in [1.165, 1.54) is 12.8 Å². The van der Waals surface area contributed by atoms with Crippen LogP contribution in [0.1, 0.15) is 26.2 Å². The van der Waals surface area contributed by atoms with Crippen molar-refractivity contribution in [3.63, 3.8) is 0 Å². The zero-order valence-corrected chi connectivity index (χ0v) is 10.0. The molecule has 0 aromatic carbocycles. The summed E-state index contributed by atoms with van der Waals surface area (Å²) in [5.74, 6) is 1.48. The van der Waals surface area contributed by atoms with E-state index in [1.54, 1.807) is 6.20 Å². The van der Waals surface area contributed by atoms with Crippen LogP contribution in [0.15, 0.2) is 18.6 Å². The maximum atomic E-state index is 5.85. The number of nitrogens with two attached hydrogens (primary N) is 1. The van der Waals surface area contributed by atoms with Crippen molar-refractivity contribution in [1.29, 1.82) is 0 Å². The highest BCUT2D eigenvalue weighted by Gasteiger charge is 2.31. The first-order chi connectivity index (χ1) is 8.29. The lowest BCUT2D eigenvalue weighted by molar-refractivity contribution is 0.751. The minimum Gasteiger partial charge on any atom is -0.382 e. The average molecular weight is 231 g/mol. The molecule has 2 aromatic heterocycles. The van der Waals surface area contributed by atoms with E-state index in [-0.39, 0.29) is 0 Å². The third-order valence-corrected chi connectivity index (χ3v) is 3.10. The first-order valence-corrected chi connectivity index (χ1v) is 6.15. The number of nitrogen functional groups attached to an aromatic ring is 1. The predicted molar refractivity (Wildman–Crippen MR) is 68.1 cm³/mol. The van der Waals surface area contributed by atoms with Gasteiger partial charge in [-0.15, -0.1) is 0 Å². The highest BCUT2D eigenvalue weighted by molar-refractivity contribution is 5.67. The van der Waals surface area contributed by atoms with Crippen molar-refractivity contribution < 1.29 is 0 Å². The van der Waals surface area contributed by atoms with Gasteiger partial charge in [-0.3, -0.25) is 0 Å². The molecule has 2 N–H and O–H groups in total. The standard InChI is InChI=1S/C12H17N5/c1-2-6-17(9-3-4-9)12-11-14-5-7-16(11)8-10(13)15-12/h5,7-9H,2-4,6,13H2,1H3. The molecule has 1 aliphatic carbocycles. The second kappa shape index (κ2) is 3.91. The van der Waals surface area contributed by atoms with Crippen LogP contribution >= 0.6 is 0 Å². The Hall–Kier alpha value is -1.78. The van der Waals surface area contributed by atoms with Crippen molar-refractivity contribution in [3.8, 4) is 0 Å². The maximum Gasteiger partial charge on any atom is 0.180 e. The van der Waals surface area contributed by atoms with Crippen LogP contribution in [0.5, 0.6) is 0 Å². The fraction of sp³-hybridized carbons (Fsp3) is 0.500. The van der Waals surface area contributed by atoms with Crippen molar-refractivity contribution >= 4 is 17.3 Å². The zero-order chi connectivity index (χ0) is 11.8. The lowest BCUT2D eigenvalue weighted by atomic mass is 10.3. The molecule has 0 unspecified atom stereocenters. The molecule has 90 valence electrons. The van der Waals surface area contributed by atoms with E-state index >= 15 is 0 Å². The molecule has 5 nitrogen and oxygen atoms in total. The van der Waals surface area contributed by atoms with E-state index in [0.717, 1.165) is 24.4 Å². The van der Waals surface area contributed by atoms with Gasteiger partial charge in [-0.25, -0.2) is 9.97 Å². The van der Waals surface area contributed by atoms with E-state index in [2.05, 4.69) is 21.8 Å². The fourth-order valence-corrected chi connectivity index (χ4v) is 2.22. The molecule has 0 amide bonds. The Morgan fingerprint density at radius 1 is 1.53 bits per heavy atom. The summed E-state index contributed by atoms with van der Waals surface area (Å²) in [4.78, 5) is 11.2. The summed E-state index contributed by atoms with van der Waals surface area (Å²) in [6, 6.07) is 0.629. The lowest BCUT2D eigenvalue weighted by Gasteiger charge is -2.23. The quantitative estimate of drug-likeness (QED) is 0.870. The SMILES string of the molecule is CCCN(c1nc(N)cn2ccnc12)C1CC1. The molecule has 0 spiro atoms. The molecular weight excluding hydrogens is 214 g/mol. The molecule has 0 atom stereocenters. The van der Waals surface area contributed by atoms with Crippen LogP contribution in [0.3, 0.4) is 0 Å². The van der Waals surface area contributed by atoms with E-state index < -0.39 is 0 Å². The van der Waals surface area contributed by atoms with Gasteiger partial charge < -0.3 is 15.0 Å². The number of hydrogen-bond acceptors (Lipinski definition) is 4. The van der Waals surface area contributed by atoms with E-state index in [0.29, 0.717) is 11.9 Å². The summed E-state index contributed by atoms with van der Waals surface area (Å²) >= 11 is 0. The molecule has 2 aromatic rings. The van der Waals surface area contributed by atoms with Crippen molar-refractivity contribution in [3.05, 3.63) is 18.6 Å². The second-order valence-corrected chi connectivity index (χ2v) is 4.57. The highest BCUT2D eigenvalue weighted by atomic mass is 15.3. The third kappa shape index (κ3) is 1.81. The van der Waals surface area contributed by atoms with Gasteiger partial charge >= 0.3 is 0 Å². The molecular formula is C12H17N5. The van der Waals surface area contributed by atoms with Crippen LogP contribution in [-0.2, 0) is 0 Å². The highest BCUT2D eigenvalue weighted by Crippen LogP contribution is 2.32. The van der Waals surface area contributed by atoms with Crippen molar-refractivity contribution in [2.45, 2.75) is 32.2 Å². The van der Waals surface area contributed by atoms with E-state index in [1.807, 2.05) is 16.8 Å². The Kier molecular flexibility index (Phi) is 2.39. The van der Waals surface area contributed by atoms with Gasteiger partial charge in [0.05, 0.1) is 6.20 Å². The van der Waals surface area contributed by atoms with Crippen LogP contribution in [0.25, 0.3) is 5.65 Å². The molecule has 5 heteroatoms. The summed E-state index contributed by atoms with van der Waals surface area (Å²) in [7, 11) is 0. The molecule has 2 heterocycles. The molecule has 0 saturated heterocycles. The monoisotopic (exact) mass is 231 g/mol. The van der Waals surface area contributed by atoms with Gasteiger partial charge in [-0.2, -0.15) is 0 Å². The van der Waals surface area contributed by atoms with Crippen LogP contribution in [0.2, 0.25) is 0 Å². The number of aromatic nitrogens is 3. The summed E-state index contributed by atoms with van der Waals surface area (Å²) in [5.41, 5.74) is 6.75. The third-order valence-electron chi connectivity index (χ3n) is 3.10. The number of imidazole rings is 1. The minimum atomic E-state index is 0.548. The minimum absolute atomic E-state index is 0.548. The van der Waals surface area contributed by atoms with Gasteiger partial charge in [0.2, 0.25) is 0 Å². The smallest absolute Gasteiger partial charge is 0.180 e. The van der Waals surface area contributed by atoms with Gasteiger partial charge in [0.15, 0.2) is 11.5 Å². The lowest BCUT2D eigenvalue weighted by Crippen LogP contribution is -2.28. The first-order valence-electron chi connectivity index (χ1n) is 6.15. The molecule has 3 rings (SSSR count). The summed E-state index contributed by atoms with van der Waals surface area (Å²) in [6.07, 6.45) is 9.13. The van der Waals surface area contributed by atoms with Crippen molar-refractivity contribution in [2.75, 3.05) is 17.2 Å². The molecule has 0 aliphatic heterocycles. The number of nitrogens with zero attached hydrogens (tertiary/aromatic N) is 4. The Morgan fingerprint density at radius 2 is 2.35 bits per heavy atom. The average Bonchev–Trinajstić information content (AvgIpc) is 3.04. The number of fused-ring (bicyclic) bond motifs is 1. The fourth-order valence-electron chi connectivity index (χ4n) is 2.22. The van der Waals surface area contributed by atoms with Gasteiger partial charge in [0.1, 0.15) is 5.82 Å². The van der Waals surface area contributed by atoms with Gasteiger partial charge in [-0.05, 0) is 19.3 Å². The largest absolute Gasteiger partial charge is 0.382 e. The van der Waals surface area contributed by atoms with Gasteiger partial charge in [-0.1, -0.05) is 6.92 Å². The van der Waals surface area contributed by atoms with Crippen LogP contribution in [0.4, 0.5) is 11.6 Å². The molecule has 1 saturated carbocycles. The Labute approximate surface area is 100 Å². The molecule has 1 aliphatic rings. The number of anilines is 2. The van der Waals surface area contributed by atoms with E-state index in [9.17, 15) is 0 Å². The number of hydrogen-bond donors (Lipinski definition) is 1. The molecule has 0 radical (unpaired) electrons. The van der Waals surface area contributed by atoms with Gasteiger partial charge in [0.25, 0.3) is 0 Å². The second-order valence-electron chi connectivity index (χ2n) is 4.57. The Bertz CT molecular complexity index is 529. The van der Waals surface area contributed by atoms with Crippen LogP contribution in [-0.4, -0.2) is 27.0 Å². The van der Waals surface area contributed by atoms with Crippen LogP contribution < -0.4 is 10.6 Å². The molecule has 1 fully saturated rings. The van der Waals surface area contributed by atoms with E-state index in [4.69, 9.17) is 5.73 Å². The van der Waals surface area contributed by atoms with Crippen LogP contribution in [0, 0.1) is 0 Å². The summed E-state index contributed by atoms with van der Waals surface area (Å²) in [6.45, 7) is 3.20. The van der Waals surface area contributed by atoms with Gasteiger partial charge in [0, 0.05) is 25.0 Å². The normalized spacial score (nSPS) is 15.4. The topological polar surface area (TPSA) is 59.5 Å². The molecule has 17 heavy (non-hydrogen) atoms. The first kappa shape index (κ1) is 10.4. The Morgan fingerprint density at radius 3 is 3.06 bits per heavy atom.